The van der Waals surface area contributed by atoms with Crippen LogP contribution in [0.2, 0.25) is 0 Å². The number of ether oxygens (including phenoxy) is 2. The van der Waals surface area contributed by atoms with E-state index in [2.05, 4.69) is 20.2 Å². The second-order valence-corrected chi connectivity index (χ2v) is 7.85. The lowest BCUT2D eigenvalue weighted by atomic mass is 10.2. The number of sulfonamides is 1. The SMILES string of the molecule is COCCN(CCOC)c1ncnc(NNS(=O)(=O)c2ccc(C)cc2)c1[N+](=O)[O-]. The molecule has 0 unspecified atom stereocenters. The van der Waals surface area contributed by atoms with E-state index in [4.69, 9.17) is 9.47 Å². The molecule has 0 bridgehead atoms. The molecule has 0 atom stereocenters. The van der Waals surface area contributed by atoms with Crippen LogP contribution in [0.1, 0.15) is 5.56 Å². The first kappa shape index (κ1) is 23.4. The van der Waals surface area contributed by atoms with Crippen molar-refractivity contribution < 1.29 is 22.8 Å². The maximum absolute atomic E-state index is 12.5. The van der Waals surface area contributed by atoms with Crippen LogP contribution in [-0.2, 0) is 19.5 Å². The second-order valence-electron chi connectivity index (χ2n) is 6.17. The predicted molar refractivity (Wildman–Crippen MR) is 110 cm³/mol. The molecule has 30 heavy (non-hydrogen) atoms. The summed E-state index contributed by atoms with van der Waals surface area (Å²) in [7, 11) is -0.958. The van der Waals surface area contributed by atoms with Gasteiger partial charge in [-0.25, -0.2) is 18.4 Å². The Morgan fingerprint density at radius 3 is 2.23 bits per heavy atom. The number of benzene rings is 1. The minimum absolute atomic E-state index is 0.000603. The van der Waals surface area contributed by atoms with Crippen molar-refractivity contribution in [3.63, 3.8) is 0 Å². The normalized spacial score (nSPS) is 11.3. The number of aryl methyl sites for hydroxylation is 1. The minimum Gasteiger partial charge on any atom is -0.383 e. The lowest BCUT2D eigenvalue weighted by Gasteiger charge is -2.23. The Morgan fingerprint density at radius 1 is 1.10 bits per heavy atom. The number of nitro groups is 1. The average molecular weight is 440 g/mol. The highest BCUT2D eigenvalue weighted by Crippen LogP contribution is 2.31. The zero-order valence-corrected chi connectivity index (χ0v) is 17.7. The number of aromatic nitrogens is 2. The maximum atomic E-state index is 12.5. The van der Waals surface area contributed by atoms with E-state index in [0.29, 0.717) is 26.3 Å². The highest BCUT2D eigenvalue weighted by Gasteiger charge is 2.28. The van der Waals surface area contributed by atoms with Crippen LogP contribution in [0.15, 0.2) is 35.5 Å². The van der Waals surface area contributed by atoms with Gasteiger partial charge in [-0.3, -0.25) is 15.5 Å². The van der Waals surface area contributed by atoms with Crippen molar-refractivity contribution in [3.05, 3.63) is 46.3 Å². The second kappa shape index (κ2) is 10.8. The summed E-state index contributed by atoms with van der Waals surface area (Å²) in [4.78, 5) is 22.6. The largest absolute Gasteiger partial charge is 0.383 e. The van der Waals surface area contributed by atoms with Crippen molar-refractivity contribution in [2.24, 2.45) is 0 Å². The summed E-state index contributed by atoms with van der Waals surface area (Å²) in [6.07, 6.45) is 1.11. The van der Waals surface area contributed by atoms with Crippen LogP contribution in [0.25, 0.3) is 0 Å². The molecular formula is C17H24N6O6S. The van der Waals surface area contributed by atoms with Crippen LogP contribution >= 0.6 is 0 Å². The van der Waals surface area contributed by atoms with E-state index in [9.17, 15) is 18.5 Å². The van der Waals surface area contributed by atoms with Crippen LogP contribution < -0.4 is 15.2 Å². The van der Waals surface area contributed by atoms with Crippen molar-refractivity contribution in [1.82, 2.24) is 14.8 Å². The Labute approximate surface area is 174 Å². The Bertz CT molecular complexity index is 946. The number of nitrogens with zero attached hydrogens (tertiary/aromatic N) is 4. The monoisotopic (exact) mass is 440 g/mol. The van der Waals surface area contributed by atoms with E-state index in [1.165, 1.54) is 26.4 Å². The van der Waals surface area contributed by atoms with Gasteiger partial charge in [-0.1, -0.05) is 17.7 Å². The minimum atomic E-state index is -3.98. The smallest absolute Gasteiger partial charge is 0.354 e. The van der Waals surface area contributed by atoms with Crippen LogP contribution in [0.5, 0.6) is 0 Å². The van der Waals surface area contributed by atoms with Gasteiger partial charge in [0.25, 0.3) is 10.0 Å². The third-order valence-electron chi connectivity index (χ3n) is 4.05. The zero-order valence-electron chi connectivity index (χ0n) is 16.9. The Morgan fingerprint density at radius 2 is 1.70 bits per heavy atom. The van der Waals surface area contributed by atoms with Crippen molar-refractivity contribution in [2.75, 3.05) is 50.8 Å². The van der Waals surface area contributed by atoms with Crippen LogP contribution in [0, 0.1) is 17.0 Å². The Hall–Kier alpha value is -2.87. The standard InChI is InChI=1S/C17H24N6O6S/c1-13-4-6-14(7-5-13)30(26,27)21-20-16-15(23(24)25)17(19-12-18-16)22(8-10-28-2)9-11-29-3/h4-7,12,21H,8-11H2,1-3H3,(H,18,19,20). The first-order valence-electron chi connectivity index (χ1n) is 8.87. The summed E-state index contributed by atoms with van der Waals surface area (Å²) < 4.78 is 35.0. The van der Waals surface area contributed by atoms with Gasteiger partial charge in [0.2, 0.25) is 11.6 Å². The first-order chi connectivity index (χ1) is 14.3. The molecular weight excluding hydrogens is 416 g/mol. The number of hydrogen-bond donors (Lipinski definition) is 2. The summed E-state index contributed by atoms with van der Waals surface area (Å²) in [6.45, 7) is 3.05. The average Bonchev–Trinajstić information content (AvgIpc) is 2.72. The zero-order chi connectivity index (χ0) is 22.1. The van der Waals surface area contributed by atoms with E-state index in [-0.39, 0.29) is 16.5 Å². The summed E-state index contributed by atoms with van der Waals surface area (Å²) >= 11 is 0. The maximum Gasteiger partial charge on any atom is 0.354 e. The van der Waals surface area contributed by atoms with E-state index in [1.54, 1.807) is 17.0 Å². The van der Waals surface area contributed by atoms with E-state index in [1.807, 2.05) is 6.92 Å². The first-order valence-corrected chi connectivity index (χ1v) is 10.3. The summed E-state index contributed by atoms with van der Waals surface area (Å²) in [6, 6.07) is 6.14. The Balaban J connectivity index is 2.32. The molecule has 0 amide bonds. The van der Waals surface area contributed by atoms with E-state index in [0.717, 1.165) is 11.9 Å². The van der Waals surface area contributed by atoms with Gasteiger partial charge in [0.05, 0.1) is 23.0 Å². The van der Waals surface area contributed by atoms with Gasteiger partial charge in [-0.15, -0.1) is 4.83 Å². The number of methoxy groups -OCH3 is 2. The molecule has 0 aliphatic carbocycles. The van der Waals surface area contributed by atoms with Crippen molar-refractivity contribution >= 4 is 27.3 Å². The van der Waals surface area contributed by atoms with Gasteiger partial charge in [-0.2, -0.15) is 0 Å². The molecule has 0 fully saturated rings. The van der Waals surface area contributed by atoms with Crippen molar-refractivity contribution in [2.45, 2.75) is 11.8 Å². The van der Waals surface area contributed by atoms with E-state index < -0.39 is 20.6 Å². The predicted octanol–water partition coefficient (Wildman–Crippen LogP) is 1.10. The number of anilines is 2. The number of nitrogens with one attached hydrogen (secondary N) is 2. The third kappa shape index (κ3) is 6.06. The molecule has 2 rings (SSSR count). The molecule has 0 aliphatic heterocycles. The highest BCUT2D eigenvalue weighted by atomic mass is 32.2. The van der Waals surface area contributed by atoms with Crippen LogP contribution in [-0.4, -0.2) is 63.8 Å². The van der Waals surface area contributed by atoms with Crippen molar-refractivity contribution in [3.8, 4) is 0 Å². The fraction of sp³-hybridized carbons (Fsp3) is 0.412. The molecule has 0 saturated heterocycles. The summed E-state index contributed by atoms with van der Waals surface area (Å²) in [5, 5.41) is 11.7. The molecule has 0 saturated carbocycles. The number of hydrazine groups is 1. The summed E-state index contributed by atoms with van der Waals surface area (Å²) in [5.74, 6) is -0.276. The number of hydrogen-bond acceptors (Lipinski definition) is 10. The van der Waals surface area contributed by atoms with Crippen molar-refractivity contribution in [1.29, 1.82) is 0 Å². The molecule has 13 heteroatoms. The molecule has 1 heterocycles. The van der Waals surface area contributed by atoms with Gasteiger partial charge in [0.1, 0.15) is 6.33 Å². The highest BCUT2D eigenvalue weighted by molar-refractivity contribution is 7.89. The quantitative estimate of drug-likeness (QED) is 0.363. The van der Waals surface area contributed by atoms with Gasteiger partial charge >= 0.3 is 5.69 Å². The van der Waals surface area contributed by atoms with E-state index >= 15 is 0 Å². The molecule has 0 spiro atoms. The fourth-order valence-corrected chi connectivity index (χ4v) is 3.32. The topological polar surface area (TPSA) is 149 Å². The molecule has 0 aliphatic rings. The molecule has 164 valence electrons. The molecule has 1 aromatic heterocycles. The van der Waals surface area contributed by atoms with Crippen LogP contribution in [0.4, 0.5) is 17.3 Å². The lowest BCUT2D eigenvalue weighted by Crippen LogP contribution is -2.33. The Kier molecular flexibility index (Phi) is 8.41. The van der Waals surface area contributed by atoms with Gasteiger partial charge in [0, 0.05) is 27.3 Å². The molecule has 2 N–H and O–H groups in total. The molecule has 1 aromatic carbocycles. The third-order valence-corrected chi connectivity index (χ3v) is 5.31. The van der Waals surface area contributed by atoms with Gasteiger partial charge in [-0.05, 0) is 19.1 Å². The number of rotatable bonds is 12. The van der Waals surface area contributed by atoms with Crippen LogP contribution in [0.3, 0.4) is 0 Å². The van der Waals surface area contributed by atoms with Gasteiger partial charge in [0.15, 0.2) is 0 Å². The molecule has 2 aromatic rings. The molecule has 0 radical (unpaired) electrons. The molecule has 12 nitrogen and oxygen atoms in total. The van der Waals surface area contributed by atoms with Gasteiger partial charge < -0.3 is 14.4 Å². The summed E-state index contributed by atoms with van der Waals surface area (Å²) in [5.41, 5.74) is 2.75. The lowest BCUT2D eigenvalue weighted by molar-refractivity contribution is -0.383. The fourth-order valence-electron chi connectivity index (χ4n) is 2.48.